The number of nitrogens with zero attached hydrogens (tertiary/aromatic N) is 6. The maximum atomic E-state index is 13.1. The Morgan fingerprint density at radius 2 is 2.06 bits per heavy atom. The van der Waals surface area contributed by atoms with Crippen LogP contribution in [-0.4, -0.2) is 46.0 Å². The second-order valence-electron chi connectivity index (χ2n) is 7.18. The third kappa shape index (κ3) is 4.87. The average Bonchev–Trinajstić information content (AvgIpc) is 3.52. The van der Waals surface area contributed by atoms with Crippen LogP contribution in [0.4, 0.5) is 4.39 Å². The Kier molecular flexibility index (Phi) is 6.68. The third-order valence-electron chi connectivity index (χ3n) is 4.96. The summed E-state index contributed by atoms with van der Waals surface area (Å²) in [5.74, 6) is 1.50. The number of Topliss-reactive ketones (excluding diaryl/α,β-unsaturated/α-hetero) is 1. The van der Waals surface area contributed by atoms with E-state index in [2.05, 4.69) is 32.0 Å². The fourth-order valence-electron chi connectivity index (χ4n) is 3.41. The first-order valence-electron chi connectivity index (χ1n) is 10.1. The van der Waals surface area contributed by atoms with Crippen molar-refractivity contribution in [2.24, 2.45) is 0 Å². The van der Waals surface area contributed by atoms with Crippen molar-refractivity contribution in [2.75, 3.05) is 5.75 Å². The maximum absolute atomic E-state index is 13.1. The summed E-state index contributed by atoms with van der Waals surface area (Å²) in [4.78, 5) is 17.1. The van der Waals surface area contributed by atoms with Crippen molar-refractivity contribution in [2.45, 2.75) is 32.2 Å². The molecule has 0 bridgehead atoms. The molecular formula is C22H22FN7O2S. The van der Waals surface area contributed by atoms with Gasteiger partial charge in [0.05, 0.1) is 5.75 Å². The van der Waals surface area contributed by atoms with Crippen LogP contribution in [0.5, 0.6) is 5.75 Å². The van der Waals surface area contributed by atoms with Crippen LogP contribution < -0.4 is 4.74 Å². The SMILES string of the molecule is C=CCn1c(COc2ccc(F)cc2)nnc1SCC(=O)c1cc(C)n(-c2ncn[nH]2)c1C. The molecule has 1 N–H and O–H groups in total. The van der Waals surface area contributed by atoms with Crippen LogP contribution in [0.3, 0.4) is 0 Å². The number of hydrogen-bond acceptors (Lipinski definition) is 7. The number of allylic oxidation sites excluding steroid dienone is 1. The average molecular weight is 468 g/mol. The first-order valence-corrected chi connectivity index (χ1v) is 11.1. The Morgan fingerprint density at radius 3 is 2.76 bits per heavy atom. The van der Waals surface area contributed by atoms with Crippen molar-refractivity contribution in [1.82, 2.24) is 34.5 Å². The number of rotatable bonds is 10. The van der Waals surface area contributed by atoms with E-state index >= 15 is 0 Å². The highest BCUT2D eigenvalue weighted by molar-refractivity contribution is 7.99. The minimum Gasteiger partial charge on any atom is -0.486 e. The molecule has 0 saturated carbocycles. The molecule has 0 atom stereocenters. The Bertz CT molecular complexity index is 1260. The zero-order chi connectivity index (χ0) is 23.4. The second kappa shape index (κ2) is 9.82. The monoisotopic (exact) mass is 467 g/mol. The number of hydrogen-bond donors (Lipinski definition) is 1. The number of ether oxygens (including phenoxy) is 1. The van der Waals surface area contributed by atoms with Gasteiger partial charge in [0.25, 0.3) is 0 Å². The van der Waals surface area contributed by atoms with Gasteiger partial charge in [-0.1, -0.05) is 17.8 Å². The van der Waals surface area contributed by atoms with E-state index in [-0.39, 0.29) is 24.0 Å². The summed E-state index contributed by atoms with van der Waals surface area (Å²) in [5, 5.41) is 15.7. The summed E-state index contributed by atoms with van der Waals surface area (Å²) in [6.07, 6.45) is 3.15. The molecule has 0 unspecified atom stereocenters. The number of H-pyrrole nitrogens is 1. The molecule has 4 rings (SSSR count). The van der Waals surface area contributed by atoms with Crippen LogP contribution in [0.1, 0.15) is 27.6 Å². The van der Waals surface area contributed by atoms with Gasteiger partial charge in [0, 0.05) is 23.5 Å². The number of benzene rings is 1. The van der Waals surface area contributed by atoms with Crippen molar-refractivity contribution in [3.05, 3.63) is 77.9 Å². The molecule has 170 valence electrons. The number of aromatic nitrogens is 7. The van der Waals surface area contributed by atoms with E-state index in [9.17, 15) is 9.18 Å². The first kappa shape index (κ1) is 22.5. The van der Waals surface area contributed by atoms with Gasteiger partial charge in [0.2, 0.25) is 5.95 Å². The zero-order valence-electron chi connectivity index (χ0n) is 18.2. The van der Waals surface area contributed by atoms with Crippen LogP contribution in [0.15, 0.2) is 54.5 Å². The van der Waals surface area contributed by atoms with Crippen molar-refractivity contribution in [1.29, 1.82) is 0 Å². The van der Waals surface area contributed by atoms with E-state index in [0.29, 0.717) is 34.8 Å². The first-order chi connectivity index (χ1) is 16.0. The van der Waals surface area contributed by atoms with Gasteiger partial charge in [-0.3, -0.25) is 13.9 Å². The van der Waals surface area contributed by atoms with Crippen LogP contribution in [0, 0.1) is 19.7 Å². The standard InChI is InChI=1S/C22H22FN7O2S/c1-4-9-29-20(11-32-17-7-5-16(23)6-8-17)26-28-22(29)33-12-19(31)18-10-14(2)30(15(18)3)21-24-13-25-27-21/h4-8,10,13H,1,9,11-12H2,2-3H3,(H,24,25,27). The number of carbonyl (C=O) groups excluding carboxylic acids is 1. The Balaban J connectivity index is 1.46. The molecule has 0 saturated heterocycles. The molecule has 11 heteroatoms. The molecule has 3 aromatic heterocycles. The van der Waals surface area contributed by atoms with Crippen LogP contribution >= 0.6 is 11.8 Å². The molecule has 1 aromatic carbocycles. The lowest BCUT2D eigenvalue weighted by Crippen LogP contribution is -2.09. The van der Waals surface area contributed by atoms with Gasteiger partial charge in [0.1, 0.15) is 24.5 Å². The molecule has 0 spiro atoms. The molecule has 33 heavy (non-hydrogen) atoms. The third-order valence-corrected chi connectivity index (χ3v) is 5.93. The van der Waals surface area contributed by atoms with Gasteiger partial charge < -0.3 is 4.74 Å². The lowest BCUT2D eigenvalue weighted by atomic mass is 10.2. The van der Waals surface area contributed by atoms with Crippen LogP contribution in [0.2, 0.25) is 0 Å². The molecule has 0 aliphatic heterocycles. The normalized spacial score (nSPS) is 11.0. The largest absolute Gasteiger partial charge is 0.486 e. The van der Waals surface area contributed by atoms with E-state index in [4.69, 9.17) is 4.74 Å². The summed E-state index contributed by atoms with van der Waals surface area (Å²) in [6, 6.07) is 7.60. The minimum absolute atomic E-state index is 0.0314. The molecule has 9 nitrogen and oxygen atoms in total. The van der Waals surface area contributed by atoms with Gasteiger partial charge in [-0.2, -0.15) is 10.1 Å². The molecule has 0 aliphatic carbocycles. The van der Waals surface area contributed by atoms with Gasteiger partial charge in [-0.05, 0) is 44.2 Å². The minimum atomic E-state index is -0.331. The summed E-state index contributed by atoms with van der Waals surface area (Å²) >= 11 is 1.30. The lowest BCUT2D eigenvalue weighted by Gasteiger charge is -2.09. The molecule has 4 aromatic rings. The van der Waals surface area contributed by atoms with E-state index in [0.717, 1.165) is 11.4 Å². The summed E-state index contributed by atoms with van der Waals surface area (Å²) < 4.78 is 22.5. The highest BCUT2D eigenvalue weighted by atomic mass is 32.2. The van der Waals surface area contributed by atoms with E-state index < -0.39 is 0 Å². The van der Waals surface area contributed by atoms with Gasteiger partial charge >= 0.3 is 0 Å². The highest BCUT2D eigenvalue weighted by Crippen LogP contribution is 2.23. The number of halogens is 1. The predicted octanol–water partition coefficient (Wildman–Crippen LogP) is 3.68. The van der Waals surface area contributed by atoms with Gasteiger partial charge in [0.15, 0.2) is 16.8 Å². The topological polar surface area (TPSA) is 104 Å². The molecule has 0 radical (unpaired) electrons. The fourth-order valence-corrected chi connectivity index (χ4v) is 4.26. The Morgan fingerprint density at radius 1 is 1.27 bits per heavy atom. The van der Waals surface area contributed by atoms with E-state index in [1.54, 1.807) is 18.2 Å². The van der Waals surface area contributed by atoms with Gasteiger partial charge in [-0.25, -0.2) is 9.49 Å². The van der Waals surface area contributed by atoms with Crippen molar-refractivity contribution in [3.8, 4) is 11.7 Å². The molecule has 0 fully saturated rings. The number of aromatic amines is 1. The van der Waals surface area contributed by atoms with Crippen LogP contribution in [0.25, 0.3) is 5.95 Å². The summed E-state index contributed by atoms with van der Waals surface area (Å²) in [5.41, 5.74) is 2.29. The maximum Gasteiger partial charge on any atom is 0.229 e. The summed E-state index contributed by atoms with van der Waals surface area (Å²) in [7, 11) is 0. The highest BCUT2D eigenvalue weighted by Gasteiger charge is 2.20. The van der Waals surface area contributed by atoms with Crippen molar-refractivity contribution < 1.29 is 13.9 Å². The Labute approximate surface area is 193 Å². The van der Waals surface area contributed by atoms with E-state index in [1.807, 2.05) is 29.0 Å². The number of ketones is 1. The smallest absolute Gasteiger partial charge is 0.229 e. The number of nitrogens with one attached hydrogen (secondary N) is 1. The zero-order valence-corrected chi connectivity index (χ0v) is 19.0. The molecule has 3 heterocycles. The lowest BCUT2D eigenvalue weighted by molar-refractivity contribution is 0.102. The molecule has 0 amide bonds. The van der Waals surface area contributed by atoms with Crippen LogP contribution in [-0.2, 0) is 13.2 Å². The number of thioether (sulfide) groups is 1. The quantitative estimate of drug-likeness (QED) is 0.216. The second-order valence-corrected chi connectivity index (χ2v) is 8.12. The fraction of sp³-hybridized carbons (Fsp3) is 0.227. The Hall–Kier alpha value is -3.73. The van der Waals surface area contributed by atoms with Gasteiger partial charge in [-0.15, -0.1) is 16.8 Å². The van der Waals surface area contributed by atoms with Crippen molar-refractivity contribution in [3.63, 3.8) is 0 Å². The number of carbonyl (C=O) groups is 1. The summed E-state index contributed by atoms with van der Waals surface area (Å²) in [6.45, 7) is 8.19. The molecular weight excluding hydrogens is 445 g/mol. The van der Waals surface area contributed by atoms with E-state index in [1.165, 1.54) is 30.2 Å². The van der Waals surface area contributed by atoms with Crippen molar-refractivity contribution >= 4 is 17.5 Å². The predicted molar refractivity (Wildman–Crippen MR) is 121 cm³/mol. The number of aryl methyl sites for hydroxylation is 1. The molecule has 0 aliphatic rings.